The Morgan fingerprint density at radius 3 is 2.53 bits per heavy atom. The molecule has 0 aliphatic rings. The van der Waals surface area contributed by atoms with Crippen molar-refractivity contribution in [2.24, 2.45) is 0 Å². The summed E-state index contributed by atoms with van der Waals surface area (Å²) in [6.07, 6.45) is 0.713. The number of rotatable bonds is 5. The van der Waals surface area contributed by atoms with E-state index in [1.165, 1.54) is 17.4 Å². The number of hydrogen-bond donors (Lipinski definition) is 1. The van der Waals surface area contributed by atoms with E-state index in [0.717, 1.165) is 11.3 Å². The van der Waals surface area contributed by atoms with Crippen LogP contribution in [0.1, 0.15) is 27.9 Å². The molecule has 0 saturated carbocycles. The Morgan fingerprint density at radius 1 is 1.53 bits per heavy atom. The van der Waals surface area contributed by atoms with Gasteiger partial charge in [0.15, 0.2) is 0 Å². The van der Waals surface area contributed by atoms with Gasteiger partial charge in [-0.05, 0) is 19.4 Å². The fourth-order valence-electron chi connectivity index (χ4n) is 1.43. The van der Waals surface area contributed by atoms with Crippen LogP contribution in [0, 0.1) is 6.92 Å². The lowest BCUT2D eigenvalue weighted by Crippen LogP contribution is -2.27. The molecule has 96 valence electrons. The van der Waals surface area contributed by atoms with Gasteiger partial charge in [0.1, 0.15) is 4.88 Å². The molecule has 0 aromatic carbocycles. The number of thiophene rings is 1. The van der Waals surface area contributed by atoms with E-state index in [9.17, 15) is 13.2 Å². The average molecular weight is 277 g/mol. The molecule has 1 N–H and O–H groups in total. The average Bonchev–Trinajstić information content (AvgIpc) is 2.61. The quantitative estimate of drug-likeness (QED) is 0.890. The second kappa shape index (κ2) is 5.16. The van der Waals surface area contributed by atoms with Crippen molar-refractivity contribution < 1.29 is 18.3 Å². The van der Waals surface area contributed by atoms with Crippen molar-refractivity contribution in [1.82, 2.24) is 4.31 Å². The molecule has 1 aromatic heterocycles. The highest BCUT2D eigenvalue weighted by molar-refractivity contribution is 7.89. The largest absolute Gasteiger partial charge is 0.477 e. The van der Waals surface area contributed by atoms with Gasteiger partial charge in [-0.15, -0.1) is 11.3 Å². The molecule has 0 atom stereocenters. The maximum atomic E-state index is 12.1. The van der Waals surface area contributed by atoms with Crippen LogP contribution < -0.4 is 0 Å². The minimum absolute atomic E-state index is 0.0472. The minimum atomic E-state index is -3.56. The molecule has 17 heavy (non-hydrogen) atoms. The second-order valence-corrected chi connectivity index (χ2v) is 6.93. The molecule has 1 heterocycles. The predicted octanol–water partition coefficient (Wildman–Crippen LogP) is 1.79. The first-order valence-electron chi connectivity index (χ1n) is 5.10. The van der Waals surface area contributed by atoms with Crippen LogP contribution in [0.3, 0.4) is 0 Å². The molecular weight excluding hydrogens is 262 g/mol. The fourth-order valence-corrected chi connectivity index (χ4v) is 4.09. The van der Waals surface area contributed by atoms with Crippen molar-refractivity contribution in [2.75, 3.05) is 13.6 Å². The van der Waals surface area contributed by atoms with Crippen LogP contribution >= 0.6 is 11.3 Å². The van der Waals surface area contributed by atoms with Crippen molar-refractivity contribution in [3.63, 3.8) is 0 Å². The van der Waals surface area contributed by atoms with E-state index in [4.69, 9.17) is 5.11 Å². The zero-order valence-electron chi connectivity index (χ0n) is 9.93. The zero-order chi connectivity index (χ0) is 13.2. The lowest BCUT2D eigenvalue weighted by atomic mass is 10.4. The molecule has 0 aliphatic carbocycles. The van der Waals surface area contributed by atoms with Gasteiger partial charge in [-0.2, -0.15) is 0 Å². The van der Waals surface area contributed by atoms with E-state index in [1.807, 2.05) is 6.92 Å². The molecule has 0 radical (unpaired) electrons. The third kappa shape index (κ3) is 2.85. The van der Waals surface area contributed by atoms with Gasteiger partial charge in [-0.25, -0.2) is 17.5 Å². The van der Waals surface area contributed by atoms with Gasteiger partial charge in [0.25, 0.3) is 0 Å². The Kier molecular flexibility index (Phi) is 4.29. The third-order valence-electron chi connectivity index (χ3n) is 2.31. The molecule has 7 heteroatoms. The lowest BCUT2D eigenvalue weighted by Gasteiger charge is -2.15. The monoisotopic (exact) mass is 277 g/mol. The van der Waals surface area contributed by atoms with Crippen molar-refractivity contribution in [2.45, 2.75) is 25.2 Å². The zero-order valence-corrected chi connectivity index (χ0v) is 11.6. The van der Waals surface area contributed by atoms with Crippen LogP contribution in [-0.2, 0) is 10.0 Å². The molecule has 0 spiro atoms. The fraction of sp³-hybridized carbons (Fsp3) is 0.500. The van der Waals surface area contributed by atoms with Crippen molar-refractivity contribution in [3.8, 4) is 0 Å². The molecule has 0 fully saturated rings. The first-order valence-corrected chi connectivity index (χ1v) is 7.36. The maximum absolute atomic E-state index is 12.1. The van der Waals surface area contributed by atoms with Crippen molar-refractivity contribution >= 4 is 27.3 Å². The first-order chi connectivity index (χ1) is 7.80. The highest BCUT2D eigenvalue weighted by atomic mass is 32.2. The summed E-state index contributed by atoms with van der Waals surface area (Å²) in [5.74, 6) is -1.10. The van der Waals surface area contributed by atoms with Gasteiger partial charge < -0.3 is 5.11 Å². The van der Waals surface area contributed by atoms with Gasteiger partial charge in [0.05, 0.1) is 4.90 Å². The Morgan fingerprint density at radius 2 is 2.12 bits per heavy atom. The number of carbonyl (C=O) groups is 1. The molecule has 5 nitrogen and oxygen atoms in total. The van der Waals surface area contributed by atoms with Gasteiger partial charge in [0.2, 0.25) is 10.0 Å². The number of carboxylic acid groups (broad SMARTS) is 1. The van der Waals surface area contributed by atoms with Gasteiger partial charge in [-0.3, -0.25) is 0 Å². The van der Waals surface area contributed by atoms with Crippen molar-refractivity contribution in [3.05, 3.63) is 15.8 Å². The summed E-state index contributed by atoms with van der Waals surface area (Å²) in [4.78, 5) is 11.4. The molecule has 1 rings (SSSR count). The van der Waals surface area contributed by atoms with Gasteiger partial charge in [0, 0.05) is 18.5 Å². The summed E-state index contributed by atoms with van der Waals surface area (Å²) < 4.78 is 25.5. The summed E-state index contributed by atoms with van der Waals surface area (Å²) >= 11 is 0.979. The second-order valence-electron chi connectivity index (χ2n) is 3.66. The highest BCUT2D eigenvalue weighted by Crippen LogP contribution is 2.27. The Bertz CT molecular complexity index is 518. The molecule has 0 unspecified atom stereocenters. The Labute approximate surface area is 105 Å². The van der Waals surface area contributed by atoms with E-state index in [2.05, 4.69) is 0 Å². The molecule has 1 aromatic rings. The third-order valence-corrected chi connectivity index (χ3v) is 5.46. The number of nitrogens with zero attached hydrogens (tertiary/aromatic N) is 1. The van der Waals surface area contributed by atoms with Crippen LogP contribution in [0.4, 0.5) is 0 Å². The van der Waals surface area contributed by atoms with Crippen LogP contribution in [0.5, 0.6) is 0 Å². The smallest absolute Gasteiger partial charge is 0.345 e. The minimum Gasteiger partial charge on any atom is -0.477 e. The summed E-state index contributed by atoms with van der Waals surface area (Å²) in [6, 6.07) is 1.23. The molecular formula is C10H15NO4S2. The number of carboxylic acids is 1. The summed E-state index contributed by atoms with van der Waals surface area (Å²) in [6.45, 7) is 3.92. The molecule has 0 aliphatic heterocycles. The first kappa shape index (κ1) is 14.1. The predicted molar refractivity (Wildman–Crippen MR) is 66.1 cm³/mol. The normalized spacial score (nSPS) is 12.0. The van der Waals surface area contributed by atoms with Crippen LogP contribution in [0.25, 0.3) is 0 Å². The molecule has 0 saturated heterocycles. The number of aromatic carboxylic acids is 1. The number of hydrogen-bond acceptors (Lipinski definition) is 4. The van der Waals surface area contributed by atoms with Gasteiger partial charge in [-0.1, -0.05) is 6.92 Å². The maximum Gasteiger partial charge on any atom is 0.345 e. The van der Waals surface area contributed by atoms with E-state index in [1.54, 1.807) is 6.92 Å². The number of sulfonamides is 1. The number of aryl methyl sites for hydroxylation is 1. The van der Waals surface area contributed by atoms with Gasteiger partial charge >= 0.3 is 5.97 Å². The Balaban J connectivity index is 3.20. The standard InChI is InChI=1S/C10H15NO4S2/c1-4-5-11(3)17(14,15)9-6-8(10(12)13)16-7(9)2/h6H,4-5H2,1-3H3,(H,12,13). The summed E-state index contributed by atoms with van der Waals surface area (Å²) in [5, 5.41) is 8.83. The van der Waals surface area contributed by atoms with E-state index in [-0.39, 0.29) is 9.77 Å². The van der Waals surface area contributed by atoms with Crippen LogP contribution in [0.2, 0.25) is 0 Å². The van der Waals surface area contributed by atoms with E-state index < -0.39 is 16.0 Å². The highest BCUT2D eigenvalue weighted by Gasteiger charge is 2.25. The van der Waals surface area contributed by atoms with E-state index in [0.29, 0.717) is 17.8 Å². The van der Waals surface area contributed by atoms with Crippen LogP contribution in [0.15, 0.2) is 11.0 Å². The summed E-state index contributed by atoms with van der Waals surface area (Å²) in [7, 11) is -2.07. The van der Waals surface area contributed by atoms with Crippen molar-refractivity contribution in [1.29, 1.82) is 0 Å². The summed E-state index contributed by atoms with van der Waals surface area (Å²) in [5.41, 5.74) is 0. The SMILES string of the molecule is CCCN(C)S(=O)(=O)c1cc(C(=O)O)sc1C. The van der Waals surface area contributed by atoms with Crippen LogP contribution in [-0.4, -0.2) is 37.4 Å². The molecule has 0 bridgehead atoms. The Hall–Kier alpha value is -0.920. The molecule has 0 amide bonds. The lowest BCUT2D eigenvalue weighted by molar-refractivity contribution is 0.0702. The van der Waals surface area contributed by atoms with E-state index >= 15 is 0 Å². The topological polar surface area (TPSA) is 74.7 Å².